The van der Waals surface area contributed by atoms with Crippen molar-refractivity contribution in [3.05, 3.63) is 40.9 Å². The van der Waals surface area contributed by atoms with Crippen molar-refractivity contribution in [2.45, 2.75) is 38.1 Å². The lowest BCUT2D eigenvalue weighted by atomic mass is 10.0. The smallest absolute Gasteiger partial charge is 0.248 e. The molecule has 3 amide bonds. The highest BCUT2D eigenvalue weighted by molar-refractivity contribution is 7.13. The van der Waals surface area contributed by atoms with Crippen molar-refractivity contribution in [3.8, 4) is 0 Å². The van der Waals surface area contributed by atoms with E-state index >= 15 is 0 Å². The monoisotopic (exact) mass is 384 g/mol. The fraction of sp³-hybridized carbons (Fsp3) is 0.368. The molecule has 1 atom stereocenters. The molecule has 2 aliphatic heterocycles. The van der Waals surface area contributed by atoms with Gasteiger partial charge in [-0.15, -0.1) is 11.3 Å². The summed E-state index contributed by atoms with van der Waals surface area (Å²) in [7, 11) is 0. The van der Waals surface area contributed by atoms with Crippen molar-refractivity contribution < 1.29 is 14.4 Å². The Kier molecular flexibility index (Phi) is 4.89. The molecule has 1 unspecified atom stereocenters. The highest BCUT2D eigenvalue weighted by Gasteiger charge is 2.28. The summed E-state index contributed by atoms with van der Waals surface area (Å²) in [5.41, 5.74) is 2.82. The molecule has 2 aliphatic rings. The number of nitrogens with zero attached hydrogens (tertiary/aromatic N) is 2. The molecule has 2 N–H and O–H groups in total. The number of aromatic nitrogens is 1. The van der Waals surface area contributed by atoms with E-state index in [2.05, 4.69) is 21.7 Å². The Bertz CT molecular complexity index is 895. The Morgan fingerprint density at radius 3 is 2.96 bits per heavy atom. The number of fused-ring (bicyclic) bond motifs is 1. The van der Waals surface area contributed by atoms with Gasteiger partial charge in [-0.05, 0) is 30.9 Å². The molecule has 4 rings (SSSR count). The minimum Gasteiger partial charge on any atom is -0.344 e. The maximum Gasteiger partial charge on any atom is 0.248 e. The second-order valence-electron chi connectivity index (χ2n) is 6.75. The normalized spacial score (nSPS) is 18.7. The Balaban J connectivity index is 1.39. The molecule has 1 aromatic carbocycles. The predicted octanol–water partition coefficient (Wildman–Crippen LogP) is 1.88. The first-order chi connectivity index (χ1) is 13.1. The molecule has 0 saturated carbocycles. The zero-order valence-corrected chi connectivity index (χ0v) is 15.6. The van der Waals surface area contributed by atoms with Crippen LogP contribution in [0.4, 0.5) is 10.8 Å². The van der Waals surface area contributed by atoms with Crippen molar-refractivity contribution >= 4 is 39.9 Å². The van der Waals surface area contributed by atoms with Crippen molar-refractivity contribution in [3.63, 3.8) is 0 Å². The van der Waals surface area contributed by atoms with Gasteiger partial charge in [0, 0.05) is 24.0 Å². The third kappa shape index (κ3) is 3.85. The summed E-state index contributed by atoms with van der Waals surface area (Å²) in [4.78, 5) is 42.3. The van der Waals surface area contributed by atoms with Gasteiger partial charge in [0.05, 0.1) is 12.1 Å². The van der Waals surface area contributed by atoms with Crippen molar-refractivity contribution in [1.29, 1.82) is 0 Å². The summed E-state index contributed by atoms with van der Waals surface area (Å²) in [6.45, 7) is 0.713. The van der Waals surface area contributed by atoms with E-state index < -0.39 is 6.04 Å². The number of hydrogen-bond acceptors (Lipinski definition) is 5. The van der Waals surface area contributed by atoms with E-state index in [1.165, 1.54) is 16.9 Å². The minimum atomic E-state index is -0.503. The van der Waals surface area contributed by atoms with Gasteiger partial charge in [0.25, 0.3) is 0 Å². The minimum absolute atomic E-state index is 0.00776. The maximum absolute atomic E-state index is 12.8. The maximum atomic E-state index is 12.8. The number of benzene rings is 1. The fourth-order valence-electron chi connectivity index (χ4n) is 3.49. The van der Waals surface area contributed by atoms with Crippen LogP contribution in [0.25, 0.3) is 0 Å². The van der Waals surface area contributed by atoms with Gasteiger partial charge >= 0.3 is 0 Å². The second kappa shape index (κ2) is 7.48. The number of thiazole rings is 1. The molecule has 0 radical (unpaired) electrons. The Morgan fingerprint density at radius 2 is 2.15 bits per heavy atom. The average molecular weight is 384 g/mol. The first-order valence-corrected chi connectivity index (χ1v) is 9.91. The summed E-state index contributed by atoms with van der Waals surface area (Å²) in [5.74, 6) is -0.367. The Hall–Kier alpha value is -2.74. The van der Waals surface area contributed by atoms with Gasteiger partial charge < -0.3 is 15.5 Å². The molecular weight excluding hydrogens is 364 g/mol. The fourth-order valence-corrected chi connectivity index (χ4v) is 4.21. The summed E-state index contributed by atoms with van der Waals surface area (Å²) in [6.07, 6.45) is 3.00. The SMILES string of the molecule is O=C1CCC(C(=O)Nc2nc(CC(=O)N3CCCc4ccccc43)cs2)N1. The average Bonchev–Trinajstić information content (AvgIpc) is 3.30. The van der Waals surface area contributed by atoms with Crippen LogP contribution in [0, 0.1) is 0 Å². The van der Waals surface area contributed by atoms with E-state index in [1.807, 2.05) is 23.1 Å². The molecule has 1 aromatic heterocycles. The van der Waals surface area contributed by atoms with Crippen molar-refractivity contribution in [1.82, 2.24) is 10.3 Å². The lowest BCUT2D eigenvalue weighted by Crippen LogP contribution is -2.37. The number of rotatable bonds is 4. The third-order valence-corrected chi connectivity index (χ3v) is 5.64. The standard InChI is InChI=1S/C19H20N4O3S/c24-16-8-7-14(21-16)18(26)22-19-20-13(11-27-19)10-17(25)23-9-3-5-12-4-1-2-6-15(12)23/h1-2,4,6,11,14H,3,5,7-10H2,(H,21,24)(H,20,22,26). The van der Waals surface area contributed by atoms with Gasteiger partial charge in [-0.1, -0.05) is 18.2 Å². The number of hydrogen-bond donors (Lipinski definition) is 2. The Labute approximate surface area is 160 Å². The second-order valence-corrected chi connectivity index (χ2v) is 7.60. The van der Waals surface area contributed by atoms with E-state index in [0.29, 0.717) is 30.2 Å². The summed E-state index contributed by atoms with van der Waals surface area (Å²) in [6, 6.07) is 7.48. The van der Waals surface area contributed by atoms with Crippen molar-refractivity contribution in [2.24, 2.45) is 0 Å². The molecule has 8 heteroatoms. The van der Waals surface area contributed by atoms with E-state index in [9.17, 15) is 14.4 Å². The molecule has 3 heterocycles. The first-order valence-electron chi connectivity index (χ1n) is 9.03. The van der Waals surface area contributed by atoms with E-state index in [4.69, 9.17) is 0 Å². The zero-order valence-electron chi connectivity index (χ0n) is 14.7. The number of aryl methyl sites for hydroxylation is 1. The van der Waals surface area contributed by atoms with Crippen LogP contribution in [0.1, 0.15) is 30.5 Å². The third-order valence-electron chi connectivity index (χ3n) is 4.84. The summed E-state index contributed by atoms with van der Waals surface area (Å²) in [5, 5.41) is 7.59. The zero-order chi connectivity index (χ0) is 18.8. The molecule has 2 aromatic rings. The van der Waals surface area contributed by atoms with Gasteiger partial charge in [0.2, 0.25) is 17.7 Å². The van der Waals surface area contributed by atoms with Crippen LogP contribution in [0.15, 0.2) is 29.6 Å². The quantitative estimate of drug-likeness (QED) is 0.842. The van der Waals surface area contributed by atoms with Crippen LogP contribution in [-0.2, 0) is 27.2 Å². The summed E-state index contributed by atoms with van der Waals surface area (Å²) >= 11 is 1.29. The van der Waals surface area contributed by atoms with Crippen LogP contribution in [0.5, 0.6) is 0 Å². The number of para-hydroxylation sites is 1. The van der Waals surface area contributed by atoms with Crippen LogP contribution in [0.2, 0.25) is 0 Å². The molecule has 0 bridgehead atoms. The number of carbonyl (C=O) groups excluding carboxylic acids is 3. The van der Waals surface area contributed by atoms with Gasteiger partial charge in [0.1, 0.15) is 6.04 Å². The van der Waals surface area contributed by atoms with Crippen molar-refractivity contribution in [2.75, 3.05) is 16.8 Å². The highest BCUT2D eigenvalue weighted by Crippen LogP contribution is 2.27. The number of nitrogens with one attached hydrogen (secondary N) is 2. The van der Waals surface area contributed by atoms with Crippen LogP contribution >= 0.6 is 11.3 Å². The van der Waals surface area contributed by atoms with Gasteiger partial charge in [-0.3, -0.25) is 14.4 Å². The molecule has 140 valence electrons. The largest absolute Gasteiger partial charge is 0.344 e. The highest BCUT2D eigenvalue weighted by atomic mass is 32.1. The molecule has 1 fully saturated rings. The predicted molar refractivity (Wildman–Crippen MR) is 103 cm³/mol. The van der Waals surface area contributed by atoms with E-state index in [-0.39, 0.29) is 24.1 Å². The van der Waals surface area contributed by atoms with Gasteiger partial charge in [-0.25, -0.2) is 4.98 Å². The lowest BCUT2D eigenvalue weighted by Gasteiger charge is -2.29. The van der Waals surface area contributed by atoms with Crippen LogP contribution in [-0.4, -0.2) is 35.3 Å². The van der Waals surface area contributed by atoms with Gasteiger partial charge in [-0.2, -0.15) is 0 Å². The van der Waals surface area contributed by atoms with E-state index in [0.717, 1.165) is 18.5 Å². The summed E-state index contributed by atoms with van der Waals surface area (Å²) < 4.78 is 0. The molecule has 7 nitrogen and oxygen atoms in total. The number of amides is 3. The van der Waals surface area contributed by atoms with Gasteiger partial charge in [0.15, 0.2) is 5.13 Å². The number of carbonyl (C=O) groups is 3. The molecule has 0 aliphatic carbocycles. The molecular formula is C19H20N4O3S. The van der Waals surface area contributed by atoms with Crippen LogP contribution < -0.4 is 15.5 Å². The first kappa shape index (κ1) is 17.7. The molecule has 0 spiro atoms. The molecule has 1 saturated heterocycles. The Morgan fingerprint density at radius 1 is 1.30 bits per heavy atom. The van der Waals surface area contributed by atoms with E-state index in [1.54, 1.807) is 5.38 Å². The lowest BCUT2D eigenvalue weighted by molar-refractivity contribution is -0.122. The molecule has 27 heavy (non-hydrogen) atoms. The topological polar surface area (TPSA) is 91.4 Å². The van der Waals surface area contributed by atoms with Crippen LogP contribution in [0.3, 0.4) is 0 Å². The number of anilines is 2.